The molecule has 1 atom stereocenters. The van der Waals surface area contributed by atoms with Gasteiger partial charge in [-0.05, 0) is 37.0 Å². The molecule has 1 aromatic rings. The third-order valence-corrected chi connectivity index (χ3v) is 5.32. The predicted octanol–water partition coefficient (Wildman–Crippen LogP) is 1.20. The van der Waals surface area contributed by atoms with Crippen LogP contribution in [-0.2, 0) is 25.7 Å². The van der Waals surface area contributed by atoms with Gasteiger partial charge < -0.3 is 10.6 Å². The fraction of sp³-hybridized carbons (Fsp3) is 0.522. The van der Waals surface area contributed by atoms with Crippen molar-refractivity contribution in [2.45, 2.75) is 52.6 Å². The van der Waals surface area contributed by atoms with E-state index in [1.165, 1.54) is 29.2 Å². The van der Waals surface area contributed by atoms with E-state index >= 15 is 0 Å². The molecule has 1 unspecified atom stereocenters. The normalized spacial score (nSPS) is 18.4. The van der Waals surface area contributed by atoms with E-state index in [1.807, 2.05) is 20.8 Å². The van der Waals surface area contributed by atoms with Crippen LogP contribution in [0.2, 0.25) is 0 Å². The Labute approximate surface area is 215 Å². The Hall–Kier alpha value is -2.10. The van der Waals surface area contributed by atoms with Gasteiger partial charge in [-0.3, -0.25) is 24.1 Å². The average molecular weight is 467 g/mol. The number of nitrogens with zero attached hydrogens (tertiary/aromatic N) is 2. The van der Waals surface area contributed by atoms with E-state index in [-0.39, 0.29) is 60.3 Å². The van der Waals surface area contributed by atoms with E-state index in [2.05, 4.69) is 15.6 Å². The molecule has 1 aliphatic heterocycles. The van der Waals surface area contributed by atoms with E-state index in [0.29, 0.717) is 24.4 Å². The number of amides is 3. The quantitative estimate of drug-likeness (QED) is 0.259. The van der Waals surface area contributed by atoms with Crippen LogP contribution in [0.1, 0.15) is 45.6 Å². The minimum atomic E-state index is -1.46. The second-order valence-corrected chi connectivity index (χ2v) is 9.19. The van der Waals surface area contributed by atoms with Crippen molar-refractivity contribution in [3.8, 4) is 0 Å². The molecule has 2 N–H and O–H groups in total. The van der Waals surface area contributed by atoms with Crippen molar-refractivity contribution in [2.75, 3.05) is 13.1 Å². The Morgan fingerprint density at radius 3 is 2.30 bits per heavy atom. The molecule has 8 nitrogen and oxygen atoms in total. The first-order valence-corrected chi connectivity index (χ1v) is 10.8. The van der Waals surface area contributed by atoms with E-state index < -0.39 is 29.1 Å². The summed E-state index contributed by atoms with van der Waals surface area (Å²) in [6.45, 7) is 6.25. The van der Waals surface area contributed by atoms with Crippen LogP contribution in [0.25, 0.3) is 0 Å². The van der Waals surface area contributed by atoms with Gasteiger partial charge in [0.05, 0.1) is 0 Å². The number of aliphatic imine (C=N–C) groups is 1. The second kappa shape index (κ2) is 11.4. The Balaban J connectivity index is 0.00000385. The van der Waals surface area contributed by atoms with E-state index in [4.69, 9.17) is 0 Å². The SMILES string of the molecule is CC(C)(C)C1=NC(C(=O)NCc2ccc(F)cc2)C(=O)C(=O)N1CCCNC(=O)C1CC1.[Na]. The van der Waals surface area contributed by atoms with Crippen molar-refractivity contribution in [3.05, 3.63) is 35.6 Å². The van der Waals surface area contributed by atoms with Crippen LogP contribution in [0.15, 0.2) is 29.3 Å². The monoisotopic (exact) mass is 467 g/mol. The van der Waals surface area contributed by atoms with Gasteiger partial charge in [-0.2, -0.15) is 0 Å². The molecule has 2 aliphatic rings. The number of rotatable bonds is 8. The molecule has 1 aliphatic carbocycles. The first-order chi connectivity index (χ1) is 15.1. The number of carbonyl (C=O) groups excluding carboxylic acids is 4. The number of Topliss-reactive ketones (excluding diaryl/α,β-unsaturated/α-hetero) is 1. The maximum absolute atomic E-state index is 13.0. The maximum Gasteiger partial charge on any atom is 0.298 e. The van der Waals surface area contributed by atoms with Crippen LogP contribution in [0, 0.1) is 17.2 Å². The molecule has 0 aromatic heterocycles. The van der Waals surface area contributed by atoms with Gasteiger partial charge in [-0.25, -0.2) is 9.38 Å². The van der Waals surface area contributed by atoms with Crippen LogP contribution in [-0.4, -0.2) is 82.9 Å². The third kappa shape index (κ3) is 7.19. The van der Waals surface area contributed by atoms with Crippen molar-refractivity contribution < 1.29 is 23.6 Å². The molecular formula is C23H29FN4NaO4. The number of halogens is 1. The fourth-order valence-corrected chi connectivity index (χ4v) is 3.41. The van der Waals surface area contributed by atoms with Crippen LogP contribution in [0.5, 0.6) is 0 Å². The van der Waals surface area contributed by atoms with Gasteiger partial charge in [0, 0.05) is 60.5 Å². The topological polar surface area (TPSA) is 108 Å². The summed E-state index contributed by atoms with van der Waals surface area (Å²) in [7, 11) is 0. The number of ketones is 1. The third-order valence-electron chi connectivity index (χ3n) is 5.32. The van der Waals surface area contributed by atoms with Gasteiger partial charge in [0.2, 0.25) is 5.91 Å². The molecule has 1 saturated carbocycles. The van der Waals surface area contributed by atoms with E-state index in [9.17, 15) is 23.6 Å². The number of amidine groups is 1. The number of nitrogens with one attached hydrogen (secondary N) is 2. The standard InChI is InChI=1S/C23H29FN4O4.Na/c1-23(2,3)22-27-17(20(31)26-13-14-5-9-16(24)10-6-14)18(29)21(32)28(22)12-4-11-25-19(30)15-7-8-15;/h5-6,9-10,15,17H,4,7-8,11-13H2,1-3H3,(H,25,30)(H,26,31);. The summed E-state index contributed by atoms with van der Waals surface area (Å²) in [6, 6.07) is 4.14. The summed E-state index contributed by atoms with van der Waals surface area (Å²) in [4.78, 5) is 55.6. The number of carbonyl (C=O) groups is 4. The maximum atomic E-state index is 13.0. The van der Waals surface area contributed by atoms with Gasteiger partial charge in [0.15, 0.2) is 6.04 Å². The Bertz CT molecular complexity index is 939. The Morgan fingerprint density at radius 2 is 1.73 bits per heavy atom. The summed E-state index contributed by atoms with van der Waals surface area (Å²) < 4.78 is 13.0. The molecule has 33 heavy (non-hydrogen) atoms. The smallest absolute Gasteiger partial charge is 0.298 e. The number of hydrogen-bond acceptors (Lipinski definition) is 5. The zero-order valence-corrected chi connectivity index (χ0v) is 21.6. The predicted molar refractivity (Wildman–Crippen MR) is 122 cm³/mol. The van der Waals surface area contributed by atoms with Crippen molar-refractivity contribution in [1.29, 1.82) is 0 Å². The summed E-state index contributed by atoms with van der Waals surface area (Å²) in [5, 5.41) is 5.44. The molecule has 1 fully saturated rings. The van der Waals surface area contributed by atoms with E-state index in [1.54, 1.807) is 0 Å². The first-order valence-electron chi connectivity index (χ1n) is 10.8. The van der Waals surface area contributed by atoms with E-state index in [0.717, 1.165) is 12.8 Å². The Kier molecular flexibility index (Phi) is 9.34. The van der Waals surface area contributed by atoms with Crippen molar-refractivity contribution in [3.63, 3.8) is 0 Å². The molecule has 3 amide bonds. The van der Waals surface area contributed by atoms with Crippen LogP contribution >= 0.6 is 0 Å². The molecule has 1 radical (unpaired) electrons. The summed E-state index contributed by atoms with van der Waals surface area (Å²) in [6.07, 6.45) is 2.29. The molecule has 1 aromatic carbocycles. The second-order valence-electron chi connectivity index (χ2n) is 9.19. The summed E-state index contributed by atoms with van der Waals surface area (Å²) >= 11 is 0. The van der Waals surface area contributed by atoms with Crippen molar-refractivity contribution in [1.82, 2.24) is 15.5 Å². The molecule has 1 heterocycles. The van der Waals surface area contributed by atoms with Crippen molar-refractivity contribution in [2.24, 2.45) is 16.3 Å². The summed E-state index contributed by atoms with van der Waals surface area (Å²) in [5.41, 5.74) is 0.0764. The molecule has 173 valence electrons. The van der Waals surface area contributed by atoms with Gasteiger partial charge >= 0.3 is 0 Å². The largest absolute Gasteiger partial charge is 0.356 e. The van der Waals surface area contributed by atoms with Gasteiger partial charge in [-0.15, -0.1) is 0 Å². The minimum absolute atomic E-state index is 0. The zero-order valence-electron chi connectivity index (χ0n) is 19.6. The van der Waals surface area contributed by atoms with Crippen LogP contribution < -0.4 is 10.6 Å². The molecule has 0 spiro atoms. The molecule has 0 saturated heterocycles. The van der Waals surface area contributed by atoms with Crippen LogP contribution in [0.3, 0.4) is 0 Å². The van der Waals surface area contributed by atoms with Gasteiger partial charge in [0.25, 0.3) is 17.6 Å². The molecule has 3 rings (SSSR count). The van der Waals surface area contributed by atoms with Gasteiger partial charge in [-0.1, -0.05) is 32.9 Å². The van der Waals surface area contributed by atoms with Gasteiger partial charge in [0.1, 0.15) is 11.7 Å². The zero-order chi connectivity index (χ0) is 23.5. The van der Waals surface area contributed by atoms with Crippen molar-refractivity contribution >= 4 is 58.9 Å². The number of benzene rings is 1. The fourth-order valence-electron chi connectivity index (χ4n) is 3.41. The summed E-state index contributed by atoms with van der Waals surface area (Å²) in [5.74, 6) is -2.25. The molecular weight excluding hydrogens is 438 g/mol. The molecule has 10 heteroatoms. The van der Waals surface area contributed by atoms with Crippen LogP contribution in [0.4, 0.5) is 4.39 Å². The number of hydrogen-bond donors (Lipinski definition) is 2. The first kappa shape index (κ1) is 27.1. The minimum Gasteiger partial charge on any atom is -0.356 e. The average Bonchev–Trinajstić information content (AvgIpc) is 3.58. The molecule has 0 bridgehead atoms. The Morgan fingerprint density at radius 1 is 1.09 bits per heavy atom.